The molecule has 0 unspecified atom stereocenters. The number of fused-ring (bicyclic) bond motifs is 2. The largest absolute Gasteiger partial charge is 0.573 e. The first-order chi connectivity index (χ1) is 17.7. The Hall–Kier alpha value is -4.01. The third kappa shape index (κ3) is 5.61. The molecular weight excluding hydrogens is 544 g/mol. The first kappa shape index (κ1) is 27.0. The average Bonchev–Trinajstić information content (AvgIpc) is 2.99. The third-order valence-electron chi connectivity index (χ3n) is 5.26. The zero-order chi connectivity index (χ0) is 27.9. The van der Waals surface area contributed by atoms with E-state index in [4.69, 9.17) is 4.74 Å². The van der Waals surface area contributed by atoms with Crippen LogP contribution >= 0.6 is 0 Å². The fraction of sp³-hybridized carbons (Fsp3) is 0.217. The normalized spacial score (nSPS) is 13.6. The highest BCUT2D eigenvalue weighted by Gasteiger charge is 2.36. The van der Waals surface area contributed by atoms with E-state index in [0.29, 0.717) is 6.07 Å². The molecule has 202 valence electrons. The first-order valence-electron chi connectivity index (χ1n) is 10.7. The van der Waals surface area contributed by atoms with Crippen molar-refractivity contribution in [3.8, 4) is 5.75 Å². The van der Waals surface area contributed by atoms with Crippen molar-refractivity contribution in [3.63, 3.8) is 0 Å². The molecule has 3 aromatic rings. The lowest BCUT2D eigenvalue weighted by Crippen LogP contribution is -2.30. The molecule has 1 aromatic heterocycles. The summed E-state index contributed by atoms with van der Waals surface area (Å²) in [6.45, 7) is 1.07. The predicted molar refractivity (Wildman–Crippen MR) is 121 cm³/mol. The number of hydrogen-bond donors (Lipinski definition) is 1. The summed E-state index contributed by atoms with van der Waals surface area (Å²) in [6.07, 6.45) is -9.77. The Morgan fingerprint density at radius 2 is 1.71 bits per heavy atom. The molecule has 2 heterocycles. The van der Waals surface area contributed by atoms with Crippen LogP contribution in [0.3, 0.4) is 0 Å². The van der Waals surface area contributed by atoms with Gasteiger partial charge in [-0.3, -0.25) is 4.31 Å². The lowest BCUT2D eigenvalue weighted by molar-refractivity contribution is -0.274. The number of halogens is 6. The molecular formula is C23H17F6N3O5S. The van der Waals surface area contributed by atoms with E-state index in [9.17, 15) is 39.6 Å². The van der Waals surface area contributed by atoms with Gasteiger partial charge in [0.05, 0.1) is 35.0 Å². The number of pyridine rings is 1. The van der Waals surface area contributed by atoms with Crippen molar-refractivity contribution in [2.75, 3.05) is 16.2 Å². The van der Waals surface area contributed by atoms with Crippen LogP contribution in [0.1, 0.15) is 28.5 Å². The van der Waals surface area contributed by atoms with Gasteiger partial charge in [-0.15, -0.1) is 13.2 Å². The maximum atomic E-state index is 13.7. The molecule has 2 aromatic carbocycles. The molecule has 1 N–H and O–H groups in total. The SMILES string of the molecule is CCOC(=O)c1ccc2c(c1)N(S(=O)(=O)c1ccc(OC(F)(F)F)cc1)Cc1ccc(C(F)(F)F)nc1N2. The summed E-state index contributed by atoms with van der Waals surface area (Å²) in [5.41, 5.74) is -1.32. The number of nitrogens with zero attached hydrogens (tertiary/aromatic N) is 2. The molecule has 0 aliphatic carbocycles. The van der Waals surface area contributed by atoms with Crippen LogP contribution in [0, 0.1) is 0 Å². The fourth-order valence-corrected chi connectivity index (χ4v) is 5.04. The van der Waals surface area contributed by atoms with Crippen LogP contribution < -0.4 is 14.4 Å². The van der Waals surface area contributed by atoms with Gasteiger partial charge in [0.25, 0.3) is 10.0 Å². The Morgan fingerprint density at radius 1 is 1.03 bits per heavy atom. The van der Waals surface area contributed by atoms with Crippen LogP contribution in [0.15, 0.2) is 59.5 Å². The molecule has 0 fully saturated rings. The third-order valence-corrected chi connectivity index (χ3v) is 7.03. The molecule has 38 heavy (non-hydrogen) atoms. The van der Waals surface area contributed by atoms with Crippen LogP contribution in [0.2, 0.25) is 0 Å². The molecule has 0 atom stereocenters. The van der Waals surface area contributed by atoms with Gasteiger partial charge in [0, 0.05) is 5.56 Å². The van der Waals surface area contributed by atoms with E-state index in [1.165, 1.54) is 18.2 Å². The Bertz CT molecular complexity index is 1470. The van der Waals surface area contributed by atoms with Gasteiger partial charge in [0.2, 0.25) is 0 Å². The van der Waals surface area contributed by atoms with E-state index in [1.54, 1.807) is 6.92 Å². The number of carbonyl (C=O) groups excluding carboxylic acids is 1. The summed E-state index contributed by atoms with van der Waals surface area (Å²) in [5, 5.41) is 2.69. The summed E-state index contributed by atoms with van der Waals surface area (Å²) in [4.78, 5) is 15.5. The standard InChI is InChI=1S/C23H17F6N3O5S/c1-2-36-21(33)13-3-9-17-18(11-13)32(12-14-4-10-19(22(24,25)26)31-20(14)30-17)38(34,35)16-7-5-15(6-8-16)37-23(27,28)29/h3-11H,2,12H2,1H3,(H,30,31). The molecule has 1 aliphatic heterocycles. The van der Waals surface area contributed by atoms with Crippen molar-refractivity contribution < 1.29 is 49.0 Å². The first-order valence-corrected chi connectivity index (χ1v) is 12.2. The number of carbonyl (C=O) groups is 1. The Kier molecular flexibility index (Phi) is 6.90. The lowest BCUT2D eigenvalue weighted by atomic mass is 10.1. The molecule has 0 bridgehead atoms. The summed E-state index contributed by atoms with van der Waals surface area (Å²) in [6, 6.07) is 8.86. The van der Waals surface area contributed by atoms with E-state index < -0.39 is 51.4 Å². The quantitative estimate of drug-likeness (QED) is 0.319. The summed E-state index contributed by atoms with van der Waals surface area (Å²) in [5.74, 6) is -1.70. The molecule has 4 rings (SSSR count). The number of alkyl halides is 6. The second kappa shape index (κ2) is 9.70. The number of ether oxygens (including phenoxy) is 2. The molecule has 0 amide bonds. The number of hydrogen-bond acceptors (Lipinski definition) is 7. The van der Waals surface area contributed by atoms with Gasteiger partial charge in [-0.1, -0.05) is 6.07 Å². The van der Waals surface area contributed by atoms with Crippen LogP contribution in [-0.2, 0) is 27.5 Å². The second-order valence-corrected chi connectivity index (χ2v) is 9.67. The highest BCUT2D eigenvalue weighted by Crippen LogP contribution is 2.40. The maximum Gasteiger partial charge on any atom is 0.573 e. The van der Waals surface area contributed by atoms with Gasteiger partial charge in [-0.25, -0.2) is 18.2 Å². The van der Waals surface area contributed by atoms with E-state index in [0.717, 1.165) is 34.6 Å². The smallest absolute Gasteiger partial charge is 0.462 e. The number of rotatable bonds is 5. The van der Waals surface area contributed by atoms with Crippen LogP contribution in [0.5, 0.6) is 5.75 Å². The fourth-order valence-electron chi connectivity index (χ4n) is 3.59. The molecule has 0 saturated carbocycles. The second-order valence-electron chi connectivity index (χ2n) is 7.81. The van der Waals surface area contributed by atoms with Gasteiger partial charge in [-0.05, 0) is 55.5 Å². The summed E-state index contributed by atoms with van der Waals surface area (Å²) < 4.78 is 114. The van der Waals surface area contributed by atoms with Crippen LogP contribution in [-0.4, -0.2) is 32.3 Å². The Labute approximate surface area is 211 Å². The number of anilines is 3. The molecule has 15 heteroatoms. The minimum Gasteiger partial charge on any atom is -0.462 e. The molecule has 8 nitrogen and oxygen atoms in total. The monoisotopic (exact) mass is 561 g/mol. The van der Waals surface area contributed by atoms with Crippen LogP contribution in [0.25, 0.3) is 0 Å². The number of nitrogens with one attached hydrogen (secondary N) is 1. The summed E-state index contributed by atoms with van der Waals surface area (Å²) in [7, 11) is -4.54. The van der Waals surface area contributed by atoms with Crippen molar-refractivity contribution >= 4 is 33.2 Å². The number of benzene rings is 2. The highest BCUT2D eigenvalue weighted by molar-refractivity contribution is 7.92. The zero-order valence-corrected chi connectivity index (χ0v) is 20.0. The van der Waals surface area contributed by atoms with Crippen molar-refractivity contribution in [1.29, 1.82) is 0 Å². The van der Waals surface area contributed by atoms with E-state index in [1.807, 2.05) is 0 Å². The average molecular weight is 561 g/mol. The topological polar surface area (TPSA) is 97.8 Å². The minimum absolute atomic E-state index is 0.00391. The molecule has 0 spiro atoms. The number of esters is 1. The van der Waals surface area contributed by atoms with E-state index >= 15 is 0 Å². The Balaban J connectivity index is 1.84. The lowest BCUT2D eigenvalue weighted by Gasteiger charge is -2.25. The van der Waals surface area contributed by atoms with Gasteiger partial charge in [-0.2, -0.15) is 13.2 Å². The molecule has 1 aliphatic rings. The van der Waals surface area contributed by atoms with E-state index in [-0.39, 0.29) is 34.9 Å². The Morgan fingerprint density at radius 3 is 2.32 bits per heavy atom. The molecule has 0 radical (unpaired) electrons. The molecule has 0 saturated heterocycles. The van der Waals surface area contributed by atoms with Crippen molar-refractivity contribution in [1.82, 2.24) is 4.98 Å². The van der Waals surface area contributed by atoms with Crippen molar-refractivity contribution in [2.45, 2.75) is 30.9 Å². The van der Waals surface area contributed by atoms with Gasteiger partial charge in [0.1, 0.15) is 17.3 Å². The zero-order valence-electron chi connectivity index (χ0n) is 19.2. The maximum absolute atomic E-state index is 13.7. The van der Waals surface area contributed by atoms with E-state index in [2.05, 4.69) is 15.0 Å². The number of aromatic nitrogens is 1. The highest BCUT2D eigenvalue weighted by atomic mass is 32.2. The number of sulfonamides is 1. The minimum atomic E-state index is -4.99. The van der Waals surface area contributed by atoms with Crippen molar-refractivity contribution in [2.24, 2.45) is 0 Å². The predicted octanol–water partition coefficient (Wildman–Crippen LogP) is 5.63. The van der Waals surface area contributed by atoms with Crippen LogP contribution in [0.4, 0.5) is 43.5 Å². The van der Waals surface area contributed by atoms with Gasteiger partial charge >= 0.3 is 18.5 Å². The van der Waals surface area contributed by atoms with Gasteiger partial charge in [0.15, 0.2) is 0 Å². The van der Waals surface area contributed by atoms with Gasteiger partial charge < -0.3 is 14.8 Å². The summed E-state index contributed by atoms with van der Waals surface area (Å²) >= 11 is 0. The van der Waals surface area contributed by atoms with Crippen molar-refractivity contribution in [3.05, 3.63) is 71.4 Å².